The highest BCUT2D eigenvalue weighted by Crippen LogP contribution is 2.24. The van der Waals surface area contributed by atoms with Gasteiger partial charge in [0, 0.05) is 17.5 Å². The zero-order valence-electron chi connectivity index (χ0n) is 12.1. The van der Waals surface area contributed by atoms with E-state index in [9.17, 15) is 19.3 Å². The molecule has 0 unspecified atom stereocenters. The van der Waals surface area contributed by atoms with E-state index >= 15 is 0 Å². The number of carbonyl (C=O) groups is 1. The zero-order valence-corrected chi connectivity index (χ0v) is 12.1. The van der Waals surface area contributed by atoms with Crippen LogP contribution in [0.25, 0.3) is 11.0 Å². The smallest absolute Gasteiger partial charge is 0.307 e. The molecule has 0 aliphatic rings. The molecule has 7 nitrogen and oxygen atoms in total. The van der Waals surface area contributed by atoms with Crippen molar-refractivity contribution in [2.24, 2.45) is 5.10 Å². The SMILES string of the molecule is O=C(N/N=C/c1cccc(F)c1)c1cc2cc([N+](=O)[O-])ccc2o1. The van der Waals surface area contributed by atoms with Gasteiger partial charge in [0.2, 0.25) is 0 Å². The molecule has 2 aromatic carbocycles. The average molecular weight is 327 g/mol. The summed E-state index contributed by atoms with van der Waals surface area (Å²) in [6, 6.07) is 11.1. The van der Waals surface area contributed by atoms with Gasteiger partial charge in [0.25, 0.3) is 5.69 Å². The number of hydrogen-bond donors (Lipinski definition) is 1. The number of hydrazone groups is 1. The molecule has 1 aromatic heterocycles. The second kappa shape index (κ2) is 6.29. The molecule has 1 amide bonds. The minimum atomic E-state index is -0.624. The molecule has 3 aromatic rings. The summed E-state index contributed by atoms with van der Waals surface area (Å²) in [7, 11) is 0. The fraction of sp³-hybridized carbons (Fsp3) is 0. The molecule has 0 aliphatic heterocycles. The molecule has 1 N–H and O–H groups in total. The van der Waals surface area contributed by atoms with Gasteiger partial charge in [-0.15, -0.1) is 0 Å². The van der Waals surface area contributed by atoms with Crippen LogP contribution in [0.2, 0.25) is 0 Å². The number of benzene rings is 2. The number of rotatable bonds is 4. The first kappa shape index (κ1) is 15.3. The average Bonchev–Trinajstić information content (AvgIpc) is 2.98. The van der Waals surface area contributed by atoms with E-state index in [-0.39, 0.29) is 11.4 Å². The Labute approximate surface area is 134 Å². The van der Waals surface area contributed by atoms with Gasteiger partial charge in [-0.3, -0.25) is 14.9 Å². The Kier molecular flexibility index (Phi) is 4.02. The Hall–Kier alpha value is -3.55. The van der Waals surface area contributed by atoms with Gasteiger partial charge in [-0.25, -0.2) is 9.82 Å². The lowest BCUT2D eigenvalue weighted by Crippen LogP contribution is -2.16. The number of nitro groups is 1. The largest absolute Gasteiger partial charge is 0.451 e. The summed E-state index contributed by atoms with van der Waals surface area (Å²) in [6.45, 7) is 0. The summed E-state index contributed by atoms with van der Waals surface area (Å²) in [4.78, 5) is 22.2. The van der Waals surface area contributed by atoms with E-state index in [4.69, 9.17) is 4.42 Å². The zero-order chi connectivity index (χ0) is 17.1. The maximum absolute atomic E-state index is 13.0. The first-order chi connectivity index (χ1) is 11.5. The van der Waals surface area contributed by atoms with Gasteiger partial charge >= 0.3 is 5.91 Å². The molecular formula is C16H10FN3O4. The normalized spacial score (nSPS) is 11.0. The minimum Gasteiger partial charge on any atom is -0.451 e. The van der Waals surface area contributed by atoms with Crippen LogP contribution in [0, 0.1) is 15.9 Å². The molecule has 0 atom stereocenters. The van der Waals surface area contributed by atoms with Crippen molar-refractivity contribution < 1.29 is 18.5 Å². The van der Waals surface area contributed by atoms with E-state index in [1.54, 1.807) is 6.07 Å². The Morgan fingerprint density at radius 1 is 1.25 bits per heavy atom. The second-order valence-electron chi connectivity index (χ2n) is 4.84. The Morgan fingerprint density at radius 3 is 2.83 bits per heavy atom. The second-order valence-corrected chi connectivity index (χ2v) is 4.84. The monoisotopic (exact) mass is 327 g/mol. The van der Waals surface area contributed by atoms with Crippen LogP contribution >= 0.6 is 0 Å². The highest BCUT2D eigenvalue weighted by molar-refractivity contribution is 5.96. The van der Waals surface area contributed by atoms with Crippen molar-refractivity contribution in [2.75, 3.05) is 0 Å². The maximum atomic E-state index is 13.0. The lowest BCUT2D eigenvalue weighted by molar-refractivity contribution is -0.384. The molecule has 0 fully saturated rings. The van der Waals surface area contributed by atoms with Crippen molar-refractivity contribution in [3.63, 3.8) is 0 Å². The highest BCUT2D eigenvalue weighted by Gasteiger charge is 2.14. The molecule has 1 heterocycles. The summed E-state index contributed by atoms with van der Waals surface area (Å²) in [5, 5.41) is 14.9. The third kappa shape index (κ3) is 3.27. The van der Waals surface area contributed by atoms with Crippen molar-refractivity contribution >= 4 is 28.8 Å². The lowest BCUT2D eigenvalue weighted by Gasteiger charge is -1.95. The van der Waals surface area contributed by atoms with Gasteiger partial charge in [0.05, 0.1) is 11.1 Å². The summed E-state index contributed by atoms with van der Waals surface area (Å²) < 4.78 is 18.3. The number of carbonyl (C=O) groups excluding carboxylic acids is 1. The van der Waals surface area contributed by atoms with Gasteiger partial charge in [0.15, 0.2) is 5.76 Å². The first-order valence-corrected chi connectivity index (χ1v) is 6.80. The minimum absolute atomic E-state index is 0.0399. The number of furan rings is 1. The fourth-order valence-corrected chi connectivity index (χ4v) is 2.06. The quantitative estimate of drug-likeness (QED) is 0.452. The summed E-state index contributed by atoms with van der Waals surface area (Å²) in [6.07, 6.45) is 1.29. The van der Waals surface area contributed by atoms with Gasteiger partial charge < -0.3 is 4.42 Å². The first-order valence-electron chi connectivity index (χ1n) is 6.80. The summed E-state index contributed by atoms with van der Waals surface area (Å²) >= 11 is 0. The molecule has 0 radical (unpaired) electrons. The van der Waals surface area contributed by atoms with Crippen LogP contribution in [0.4, 0.5) is 10.1 Å². The predicted octanol–water partition coefficient (Wildman–Crippen LogP) is 3.24. The van der Waals surface area contributed by atoms with Crippen LogP contribution in [-0.4, -0.2) is 17.0 Å². The van der Waals surface area contributed by atoms with Crippen LogP contribution in [0.1, 0.15) is 16.1 Å². The molecule has 0 saturated heterocycles. The number of halogens is 1. The van der Waals surface area contributed by atoms with E-state index in [1.807, 2.05) is 0 Å². The van der Waals surface area contributed by atoms with Crippen LogP contribution in [0.3, 0.4) is 0 Å². The van der Waals surface area contributed by atoms with Crippen molar-refractivity contribution in [1.29, 1.82) is 0 Å². The van der Waals surface area contributed by atoms with Crippen LogP contribution < -0.4 is 5.43 Å². The number of nitro benzene ring substituents is 1. The molecule has 24 heavy (non-hydrogen) atoms. The van der Waals surface area contributed by atoms with E-state index in [0.29, 0.717) is 16.5 Å². The summed E-state index contributed by atoms with van der Waals surface area (Å²) in [5.74, 6) is -1.08. The third-order valence-electron chi connectivity index (χ3n) is 3.16. The molecule has 8 heteroatoms. The van der Waals surface area contributed by atoms with Crippen molar-refractivity contribution in [2.45, 2.75) is 0 Å². The highest BCUT2D eigenvalue weighted by atomic mass is 19.1. The lowest BCUT2D eigenvalue weighted by atomic mass is 10.2. The molecule has 0 bridgehead atoms. The maximum Gasteiger partial charge on any atom is 0.307 e. The number of hydrogen-bond acceptors (Lipinski definition) is 5. The Bertz CT molecular complexity index is 965. The summed E-state index contributed by atoms with van der Waals surface area (Å²) in [5.41, 5.74) is 2.98. The topological polar surface area (TPSA) is 97.7 Å². The number of non-ortho nitro benzene ring substituents is 1. The third-order valence-corrected chi connectivity index (χ3v) is 3.16. The van der Waals surface area contributed by atoms with E-state index in [2.05, 4.69) is 10.5 Å². The Morgan fingerprint density at radius 2 is 2.08 bits per heavy atom. The standard InChI is InChI=1S/C16H10FN3O4/c17-12-3-1-2-10(6-12)9-18-19-16(21)15-8-11-7-13(20(22)23)4-5-14(11)24-15/h1-9H,(H,19,21)/b18-9+. The van der Waals surface area contributed by atoms with E-state index in [0.717, 1.165) is 0 Å². The predicted molar refractivity (Wildman–Crippen MR) is 84.3 cm³/mol. The van der Waals surface area contributed by atoms with E-state index < -0.39 is 16.6 Å². The fourth-order valence-electron chi connectivity index (χ4n) is 2.06. The number of nitrogens with one attached hydrogen (secondary N) is 1. The van der Waals surface area contributed by atoms with Gasteiger partial charge in [-0.05, 0) is 29.8 Å². The molecule has 120 valence electrons. The molecular weight excluding hydrogens is 317 g/mol. The molecule has 0 spiro atoms. The van der Waals surface area contributed by atoms with Gasteiger partial charge in [-0.1, -0.05) is 12.1 Å². The molecule has 0 saturated carbocycles. The number of fused-ring (bicyclic) bond motifs is 1. The van der Waals surface area contributed by atoms with Crippen molar-refractivity contribution in [1.82, 2.24) is 5.43 Å². The van der Waals surface area contributed by atoms with Gasteiger partial charge in [0.1, 0.15) is 11.4 Å². The molecule has 3 rings (SSSR count). The van der Waals surface area contributed by atoms with Crippen LogP contribution in [0.15, 0.2) is 58.0 Å². The van der Waals surface area contributed by atoms with Gasteiger partial charge in [-0.2, -0.15) is 5.10 Å². The van der Waals surface area contributed by atoms with Crippen LogP contribution in [0.5, 0.6) is 0 Å². The van der Waals surface area contributed by atoms with Crippen LogP contribution in [-0.2, 0) is 0 Å². The van der Waals surface area contributed by atoms with Crippen molar-refractivity contribution in [3.8, 4) is 0 Å². The number of nitrogens with zero attached hydrogens (tertiary/aromatic N) is 2. The Balaban J connectivity index is 1.75. The van der Waals surface area contributed by atoms with Crippen molar-refractivity contribution in [3.05, 3.63) is 75.8 Å². The van der Waals surface area contributed by atoms with E-state index in [1.165, 1.54) is 48.7 Å². The molecule has 0 aliphatic carbocycles. The number of amides is 1.